The lowest BCUT2D eigenvalue weighted by Gasteiger charge is -2.11. The summed E-state index contributed by atoms with van der Waals surface area (Å²) in [5.41, 5.74) is 2.74. The van der Waals surface area contributed by atoms with Gasteiger partial charge in [0, 0.05) is 5.56 Å². The molecular weight excluding hydrogens is 293 g/mol. The van der Waals surface area contributed by atoms with Crippen molar-refractivity contribution in [1.29, 1.82) is 0 Å². The van der Waals surface area contributed by atoms with E-state index in [1.54, 1.807) is 12.1 Å². The number of hydrogen-bond donors (Lipinski definition) is 0. The van der Waals surface area contributed by atoms with Gasteiger partial charge in [-0.1, -0.05) is 44.2 Å². The summed E-state index contributed by atoms with van der Waals surface area (Å²) >= 11 is 0. The molecule has 0 aliphatic heterocycles. The summed E-state index contributed by atoms with van der Waals surface area (Å²) in [6.45, 7) is 5.84. The normalized spacial score (nSPS) is 10.5. The minimum atomic E-state index is -4.71. The number of rotatable bonds is 3. The highest BCUT2D eigenvalue weighted by molar-refractivity contribution is 5.89. The molecule has 0 saturated heterocycles. The van der Waals surface area contributed by atoms with Crippen LogP contribution in [0.25, 0.3) is 11.1 Å². The first-order chi connectivity index (χ1) is 10.4. The molecule has 0 saturated carbocycles. The van der Waals surface area contributed by atoms with Gasteiger partial charge in [-0.2, -0.15) is 0 Å². The van der Waals surface area contributed by atoms with Crippen molar-refractivity contribution < 1.29 is 22.7 Å². The molecule has 0 bridgehead atoms. The summed E-state index contributed by atoms with van der Waals surface area (Å²) in [6, 6.07) is 10.7. The average Bonchev–Trinajstić information content (AvgIpc) is 2.48. The number of aldehydes is 1. The zero-order valence-corrected chi connectivity index (χ0v) is 12.6. The van der Waals surface area contributed by atoms with E-state index in [1.165, 1.54) is 24.3 Å². The van der Waals surface area contributed by atoms with Gasteiger partial charge in [-0.25, -0.2) is 0 Å². The zero-order chi connectivity index (χ0) is 16.8. The molecule has 0 aromatic heterocycles. The summed E-state index contributed by atoms with van der Waals surface area (Å²) in [5, 5.41) is 0. The molecular formula is C17H17F3O2. The van der Waals surface area contributed by atoms with Gasteiger partial charge in [-0.3, -0.25) is 4.79 Å². The minimum Gasteiger partial charge on any atom is -0.406 e. The van der Waals surface area contributed by atoms with Crippen LogP contribution in [0.5, 0.6) is 5.75 Å². The molecule has 2 rings (SSSR count). The summed E-state index contributed by atoms with van der Waals surface area (Å²) in [7, 11) is 0. The van der Waals surface area contributed by atoms with Crippen LogP contribution in [-0.4, -0.2) is 12.6 Å². The van der Waals surface area contributed by atoms with Crippen molar-refractivity contribution in [2.45, 2.75) is 27.1 Å². The van der Waals surface area contributed by atoms with Crippen LogP contribution in [0.2, 0.25) is 0 Å². The second-order valence-corrected chi connectivity index (χ2v) is 4.23. The maximum atomic E-state index is 12.1. The highest BCUT2D eigenvalue weighted by Gasteiger charge is 2.30. The molecule has 0 fully saturated rings. The average molecular weight is 310 g/mol. The smallest absolute Gasteiger partial charge is 0.406 e. The van der Waals surface area contributed by atoms with E-state index in [-0.39, 0.29) is 5.75 Å². The van der Waals surface area contributed by atoms with Crippen molar-refractivity contribution >= 4 is 6.29 Å². The molecule has 22 heavy (non-hydrogen) atoms. The Morgan fingerprint density at radius 1 is 1.00 bits per heavy atom. The van der Waals surface area contributed by atoms with Crippen LogP contribution in [0.1, 0.15) is 29.8 Å². The first-order valence-electron chi connectivity index (χ1n) is 6.81. The Labute approximate surface area is 127 Å². The van der Waals surface area contributed by atoms with Crippen LogP contribution in [0.3, 0.4) is 0 Å². The monoisotopic (exact) mass is 310 g/mol. The molecule has 118 valence electrons. The Balaban J connectivity index is 0.00000116. The summed E-state index contributed by atoms with van der Waals surface area (Å²) in [4.78, 5) is 11.0. The molecule has 0 radical (unpaired) electrons. The standard InChI is InChI=1S/C15H11F3O2.C2H6/c1-10-3-2-4-12(9-19)14(10)11-5-7-13(8-6-11)20-15(16,17)18;1-2/h2-9H,1H3;1-2H3. The van der Waals surface area contributed by atoms with Gasteiger partial charge in [-0.05, 0) is 35.7 Å². The van der Waals surface area contributed by atoms with Crippen molar-refractivity contribution in [3.8, 4) is 16.9 Å². The fourth-order valence-corrected chi connectivity index (χ4v) is 2.01. The van der Waals surface area contributed by atoms with Gasteiger partial charge in [0.15, 0.2) is 6.29 Å². The second kappa shape index (κ2) is 7.64. The number of alkyl halides is 3. The van der Waals surface area contributed by atoms with Crippen molar-refractivity contribution in [3.63, 3.8) is 0 Å². The van der Waals surface area contributed by atoms with Gasteiger partial charge in [-0.15, -0.1) is 13.2 Å². The highest BCUT2D eigenvalue weighted by atomic mass is 19.4. The zero-order valence-electron chi connectivity index (χ0n) is 12.6. The molecule has 0 aliphatic rings. The molecule has 0 unspecified atom stereocenters. The van der Waals surface area contributed by atoms with Gasteiger partial charge in [0.1, 0.15) is 5.75 Å². The molecule has 0 amide bonds. The Kier molecular flexibility index (Phi) is 6.16. The molecule has 2 aromatic carbocycles. The van der Waals surface area contributed by atoms with Crippen LogP contribution in [0.15, 0.2) is 42.5 Å². The number of ether oxygens (including phenoxy) is 1. The molecule has 0 heterocycles. The molecule has 5 heteroatoms. The van der Waals surface area contributed by atoms with Crippen LogP contribution < -0.4 is 4.74 Å². The highest BCUT2D eigenvalue weighted by Crippen LogP contribution is 2.30. The van der Waals surface area contributed by atoms with Crippen LogP contribution in [-0.2, 0) is 0 Å². The lowest BCUT2D eigenvalue weighted by atomic mass is 9.96. The third kappa shape index (κ3) is 4.62. The summed E-state index contributed by atoms with van der Waals surface area (Å²) in [5.74, 6) is -0.289. The second-order valence-electron chi connectivity index (χ2n) is 4.23. The van der Waals surface area contributed by atoms with Crippen LogP contribution in [0, 0.1) is 6.92 Å². The number of carbonyl (C=O) groups excluding carboxylic acids is 1. The SMILES string of the molecule is CC.Cc1cccc(C=O)c1-c1ccc(OC(F)(F)F)cc1. The van der Waals surface area contributed by atoms with E-state index < -0.39 is 6.36 Å². The number of carbonyl (C=O) groups is 1. The largest absolute Gasteiger partial charge is 0.573 e. The number of halogens is 3. The first kappa shape index (κ1) is 17.8. The van der Waals surface area contributed by atoms with Crippen molar-refractivity contribution in [2.24, 2.45) is 0 Å². The quantitative estimate of drug-likeness (QED) is 0.710. The summed E-state index contributed by atoms with van der Waals surface area (Å²) in [6.07, 6.45) is -3.99. The van der Waals surface area contributed by atoms with E-state index in [4.69, 9.17) is 0 Å². The molecule has 2 aromatic rings. The Hall–Kier alpha value is -2.30. The van der Waals surface area contributed by atoms with E-state index in [9.17, 15) is 18.0 Å². The fraction of sp³-hybridized carbons (Fsp3) is 0.235. The van der Waals surface area contributed by atoms with Crippen molar-refractivity contribution in [1.82, 2.24) is 0 Å². The van der Waals surface area contributed by atoms with E-state index in [2.05, 4.69) is 4.74 Å². The minimum absolute atomic E-state index is 0.289. The van der Waals surface area contributed by atoms with Gasteiger partial charge in [0.05, 0.1) is 0 Å². The van der Waals surface area contributed by atoms with Crippen LogP contribution in [0.4, 0.5) is 13.2 Å². The van der Waals surface area contributed by atoms with E-state index in [0.29, 0.717) is 16.7 Å². The predicted molar refractivity (Wildman–Crippen MR) is 80.0 cm³/mol. The van der Waals surface area contributed by atoms with E-state index in [0.717, 1.165) is 11.8 Å². The van der Waals surface area contributed by atoms with Crippen LogP contribution >= 0.6 is 0 Å². The number of hydrogen-bond acceptors (Lipinski definition) is 2. The Morgan fingerprint density at radius 3 is 2.09 bits per heavy atom. The Morgan fingerprint density at radius 2 is 1.59 bits per heavy atom. The fourth-order valence-electron chi connectivity index (χ4n) is 2.01. The van der Waals surface area contributed by atoms with Crippen molar-refractivity contribution in [3.05, 3.63) is 53.6 Å². The topological polar surface area (TPSA) is 26.3 Å². The third-order valence-corrected chi connectivity index (χ3v) is 2.81. The van der Waals surface area contributed by atoms with Gasteiger partial charge < -0.3 is 4.74 Å². The molecule has 0 spiro atoms. The number of benzene rings is 2. The molecule has 0 N–H and O–H groups in total. The Bertz CT molecular complexity index is 617. The maximum absolute atomic E-state index is 12.1. The predicted octanol–water partition coefficient (Wildman–Crippen LogP) is 5.40. The van der Waals surface area contributed by atoms with Gasteiger partial charge in [0.2, 0.25) is 0 Å². The molecule has 0 atom stereocenters. The van der Waals surface area contributed by atoms with E-state index in [1.807, 2.05) is 26.8 Å². The van der Waals surface area contributed by atoms with Crippen molar-refractivity contribution in [2.75, 3.05) is 0 Å². The number of aryl methyl sites for hydroxylation is 1. The maximum Gasteiger partial charge on any atom is 0.573 e. The molecule has 2 nitrogen and oxygen atoms in total. The third-order valence-electron chi connectivity index (χ3n) is 2.81. The van der Waals surface area contributed by atoms with E-state index >= 15 is 0 Å². The molecule has 0 aliphatic carbocycles. The van der Waals surface area contributed by atoms with Gasteiger partial charge in [0.25, 0.3) is 0 Å². The lowest BCUT2D eigenvalue weighted by molar-refractivity contribution is -0.274. The first-order valence-corrected chi connectivity index (χ1v) is 6.81. The lowest BCUT2D eigenvalue weighted by Crippen LogP contribution is -2.16. The van der Waals surface area contributed by atoms with Gasteiger partial charge >= 0.3 is 6.36 Å². The summed E-state index contributed by atoms with van der Waals surface area (Å²) < 4.78 is 40.0.